The number of Topliss-reactive ketones (excluding diaryl/α,β-unsaturated/α-hetero) is 1. The fraction of sp³-hybridized carbons (Fsp3) is 0.300. The molecule has 1 atom stereocenters. The molecule has 1 aromatic carbocycles. The van der Waals surface area contributed by atoms with Gasteiger partial charge in [0.15, 0.2) is 5.78 Å². The lowest BCUT2D eigenvalue weighted by Gasteiger charge is -2.19. The highest BCUT2D eigenvalue weighted by Crippen LogP contribution is 2.15. The molecule has 1 N–H and O–H groups in total. The van der Waals surface area contributed by atoms with Crippen molar-refractivity contribution >= 4 is 16.0 Å². The van der Waals surface area contributed by atoms with Crippen LogP contribution in [0.1, 0.15) is 17.3 Å². The van der Waals surface area contributed by atoms with Gasteiger partial charge in [0.05, 0.1) is 0 Å². The molecule has 0 radical (unpaired) electrons. The van der Waals surface area contributed by atoms with Crippen molar-refractivity contribution in [2.75, 3.05) is 0 Å². The van der Waals surface area contributed by atoms with E-state index in [1.165, 1.54) is 0 Å². The van der Waals surface area contributed by atoms with Gasteiger partial charge in [-0.05, 0) is 13.0 Å². The Bertz CT molecular complexity index is 293. The van der Waals surface area contributed by atoms with Crippen LogP contribution in [-0.4, -0.2) is 26.7 Å². The number of benzene rings is 1. The Hall–Kier alpha value is -0.933. The molecular weight excluding hydrogens is 180 g/mol. The lowest BCUT2D eigenvalue weighted by Crippen LogP contribution is -2.34. The number of aliphatic hydroxyl groups is 1. The van der Waals surface area contributed by atoms with Crippen LogP contribution in [0.15, 0.2) is 30.3 Å². The maximum atomic E-state index is 11.7. The van der Waals surface area contributed by atoms with Crippen LogP contribution >= 0.6 is 0 Å². The second kappa shape index (κ2) is 3.85. The molecule has 1 aromatic rings. The number of ketones is 1. The maximum absolute atomic E-state index is 11.7. The van der Waals surface area contributed by atoms with E-state index < -0.39 is 5.60 Å². The molecule has 0 aliphatic rings. The lowest BCUT2D eigenvalue weighted by atomic mass is 9.97. The molecule has 0 spiro atoms. The van der Waals surface area contributed by atoms with E-state index in [4.69, 9.17) is 0 Å². The van der Waals surface area contributed by atoms with Crippen LogP contribution in [0.3, 0.4) is 0 Å². The molecule has 1 rings (SSSR count). The van der Waals surface area contributed by atoms with Gasteiger partial charge in [-0.3, -0.25) is 4.79 Å². The molecule has 0 bridgehead atoms. The third-order valence-electron chi connectivity index (χ3n) is 2.21. The van der Waals surface area contributed by atoms with E-state index in [1.807, 2.05) is 6.07 Å². The minimum Gasteiger partial charge on any atom is -0.382 e. The van der Waals surface area contributed by atoms with Gasteiger partial charge in [-0.1, -0.05) is 30.3 Å². The maximum Gasteiger partial charge on any atom is 0.193 e. The molecule has 0 heterocycles. The summed E-state index contributed by atoms with van der Waals surface area (Å²) in [6, 6.07) is 9.49. The van der Waals surface area contributed by atoms with Crippen molar-refractivity contribution in [1.29, 1.82) is 0 Å². The van der Waals surface area contributed by atoms with Gasteiger partial charge in [0, 0.05) is 15.8 Å². The molecule has 0 saturated carbocycles. The zero-order chi connectivity index (χ0) is 9.90. The second-order valence-electron chi connectivity index (χ2n) is 3.32. The number of hydrogen-bond donors (Lipinski definition) is 1. The van der Waals surface area contributed by atoms with Gasteiger partial charge < -0.3 is 5.11 Å². The fourth-order valence-corrected chi connectivity index (χ4v) is 1.38. The molecule has 3 heteroatoms. The Labute approximate surface area is 81.0 Å². The van der Waals surface area contributed by atoms with E-state index in [9.17, 15) is 9.90 Å². The topological polar surface area (TPSA) is 37.3 Å². The summed E-state index contributed by atoms with van der Waals surface area (Å²) in [5, 5.41) is 9.73. The van der Waals surface area contributed by atoms with Crippen molar-refractivity contribution in [3.05, 3.63) is 35.9 Å². The molecule has 0 saturated heterocycles. The highest BCUT2D eigenvalue weighted by molar-refractivity contribution is 6.14. The number of carbonyl (C=O) groups excluding carboxylic acids is 1. The standard InChI is InChI=1S/C10H14O2Si/c1-10(12,7-13)9(11)8-5-3-2-4-6-8/h2-6,12H,7H2,1,13H3. The summed E-state index contributed by atoms with van der Waals surface area (Å²) >= 11 is 0. The number of rotatable bonds is 3. The third-order valence-corrected chi connectivity index (χ3v) is 3.59. The number of hydrogen-bond acceptors (Lipinski definition) is 2. The fourth-order valence-electron chi connectivity index (χ4n) is 1.06. The van der Waals surface area contributed by atoms with E-state index in [0.717, 1.165) is 10.2 Å². The van der Waals surface area contributed by atoms with Crippen molar-refractivity contribution in [2.45, 2.75) is 18.6 Å². The Morgan fingerprint density at radius 2 is 2.00 bits per heavy atom. The summed E-state index contributed by atoms with van der Waals surface area (Å²) in [4.78, 5) is 11.7. The van der Waals surface area contributed by atoms with E-state index in [1.54, 1.807) is 31.2 Å². The van der Waals surface area contributed by atoms with Crippen LogP contribution in [0.25, 0.3) is 0 Å². The normalized spacial score (nSPS) is 15.2. The van der Waals surface area contributed by atoms with Crippen LogP contribution in [0, 0.1) is 0 Å². The second-order valence-corrected chi connectivity index (χ2v) is 4.03. The predicted octanol–water partition coefficient (Wildman–Crippen LogP) is 0.404. The first-order chi connectivity index (χ1) is 6.08. The van der Waals surface area contributed by atoms with E-state index in [-0.39, 0.29) is 5.78 Å². The zero-order valence-electron chi connectivity index (χ0n) is 7.95. The Balaban J connectivity index is 2.93. The average Bonchev–Trinajstić information content (AvgIpc) is 2.18. The predicted molar refractivity (Wildman–Crippen MR) is 56.1 cm³/mol. The van der Waals surface area contributed by atoms with Gasteiger partial charge >= 0.3 is 0 Å². The smallest absolute Gasteiger partial charge is 0.193 e. The van der Waals surface area contributed by atoms with Gasteiger partial charge in [0.1, 0.15) is 5.60 Å². The molecule has 70 valence electrons. The first-order valence-corrected chi connectivity index (χ1v) is 5.81. The van der Waals surface area contributed by atoms with Crippen LogP contribution in [0.4, 0.5) is 0 Å². The Morgan fingerprint density at radius 3 is 2.46 bits per heavy atom. The van der Waals surface area contributed by atoms with Crippen LogP contribution in [0.2, 0.25) is 6.04 Å². The van der Waals surface area contributed by atoms with Crippen molar-refractivity contribution in [1.82, 2.24) is 0 Å². The van der Waals surface area contributed by atoms with Gasteiger partial charge in [-0.15, -0.1) is 0 Å². The first-order valence-electron chi connectivity index (χ1n) is 4.40. The highest BCUT2D eigenvalue weighted by atomic mass is 28.1. The molecule has 1 unspecified atom stereocenters. The molecule has 0 aliphatic carbocycles. The molecule has 0 fully saturated rings. The molecule has 0 aliphatic heterocycles. The average molecular weight is 194 g/mol. The third kappa shape index (κ3) is 2.26. The lowest BCUT2D eigenvalue weighted by molar-refractivity contribution is 0.0491. The Morgan fingerprint density at radius 1 is 1.46 bits per heavy atom. The largest absolute Gasteiger partial charge is 0.382 e. The summed E-state index contributed by atoms with van der Waals surface area (Å²) in [5.74, 6) is -0.178. The summed E-state index contributed by atoms with van der Waals surface area (Å²) in [6.07, 6.45) is 0. The SMILES string of the molecule is CC(O)(C[SiH3])C(=O)c1ccccc1. The summed E-state index contributed by atoms with van der Waals surface area (Å²) in [7, 11) is 0.825. The van der Waals surface area contributed by atoms with Crippen LogP contribution in [-0.2, 0) is 0 Å². The van der Waals surface area contributed by atoms with Crippen LogP contribution < -0.4 is 0 Å². The quantitative estimate of drug-likeness (QED) is 0.559. The summed E-state index contributed by atoms with van der Waals surface area (Å²) in [6.45, 7) is 1.58. The Kier molecular flexibility index (Phi) is 3.01. The molecular formula is C10H14O2Si. The summed E-state index contributed by atoms with van der Waals surface area (Å²) < 4.78 is 0. The minimum absolute atomic E-state index is 0.178. The van der Waals surface area contributed by atoms with Gasteiger partial charge in [0.25, 0.3) is 0 Å². The monoisotopic (exact) mass is 194 g/mol. The van der Waals surface area contributed by atoms with Gasteiger partial charge in [-0.25, -0.2) is 0 Å². The molecule has 2 nitrogen and oxygen atoms in total. The van der Waals surface area contributed by atoms with Crippen LogP contribution in [0.5, 0.6) is 0 Å². The van der Waals surface area contributed by atoms with Gasteiger partial charge in [-0.2, -0.15) is 0 Å². The van der Waals surface area contributed by atoms with E-state index >= 15 is 0 Å². The molecule has 0 aromatic heterocycles. The zero-order valence-corrected chi connectivity index (χ0v) is 9.95. The van der Waals surface area contributed by atoms with Crippen molar-refractivity contribution in [2.24, 2.45) is 0 Å². The highest BCUT2D eigenvalue weighted by Gasteiger charge is 2.28. The van der Waals surface area contributed by atoms with E-state index in [2.05, 4.69) is 0 Å². The van der Waals surface area contributed by atoms with E-state index in [0.29, 0.717) is 11.6 Å². The summed E-state index contributed by atoms with van der Waals surface area (Å²) in [5.41, 5.74) is -0.587. The number of carbonyl (C=O) groups is 1. The minimum atomic E-state index is -1.17. The van der Waals surface area contributed by atoms with Crippen molar-refractivity contribution < 1.29 is 9.90 Å². The first kappa shape index (κ1) is 10.1. The molecule has 0 amide bonds. The van der Waals surface area contributed by atoms with Crippen molar-refractivity contribution in [3.63, 3.8) is 0 Å². The van der Waals surface area contributed by atoms with Gasteiger partial charge in [0.2, 0.25) is 0 Å². The molecule has 13 heavy (non-hydrogen) atoms. The van der Waals surface area contributed by atoms with Crippen molar-refractivity contribution in [3.8, 4) is 0 Å².